The van der Waals surface area contributed by atoms with Gasteiger partial charge in [-0.3, -0.25) is 4.79 Å². The van der Waals surface area contributed by atoms with Crippen LogP contribution in [-0.2, 0) is 16.1 Å². The molecule has 0 aliphatic carbocycles. The second-order valence-corrected chi connectivity index (χ2v) is 5.87. The number of rotatable bonds is 4. The van der Waals surface area contributed by atoms with E-state index in [0.29, 0.717) is 19.4 Å². The lowest BCUT2D eigenvalue weighted by Gasteiger charge is -2.16. The number of nitrogens with zero attached hydrogens (tertiary/aromatic N) is 2. The largest absolute Gasteiger partial charge is 0.464 e. The molecular formula is C18H15F3N2O3. The van der Waals surface area contributed by atoms with Crippen molar-refractivity contribution in [2.45, 2.75) is 19.4 Å². The highest BCUT2D eigenvalue weighted by Gasteiger charge is 2.23. The lowest BCUT2D eigenvalue weighted by molar-refractivity contribution is -0.128. The quantitative estimate of drug-likeness (QED) is 0.783. The van der Waals surface area contributed by atoms with E-state index in [-0.39, 0.29) is 23.7 Å². The lowest BCUT2D eigenvalue weighted by Crippen LogP contribution is -2.24. The maximum absolute atomic E-state index is 14.5. The van der Waals surface area contributed by atoms with Crippen LogP contribution in [0.15, 0.2) is 24.3 Å². The van der Waals surface area contributed by atoms with Crippen molar-refractivity contribution in [1.29, 1.82) is 0 Å². The fraction of sp³-hybridized carbons (Fsp3) is 0.278. The minimum Gasteiger partial charge on any atom is -0.464 e. The Morgan fingerprint density at radius 3 is 2.46 bits per heavy atom. The van der Waals surface area contributed by atoms with Crippen LogP contribution >= 0.6 is 0 Å². The molecule has 1 fully saturated rings. The Morgan fingerprint density at radius 2 is 1.88 bits per heavy atom. The van der Waals surface area contributed by atoms with Gasteiger partial charge in [-0.2, -0.15) is 0 Å². The van der Waals surface area contributed by atoms with E-state index >= 15 is 0 Å². The molecule has 0 unspecified atom stereocenters. The first-order valence-electron chi connectivity index (χ1n) is 7.91. The fourth-order valence-corrected chi connectivity index (χ4v) is 2.87. The molecule has 0 radical (unpaired) electrons. The standard InChI is InChI=1S/C18H15F3N2O3/c1-26-18(25)14-5-4-11(19)17(22-14)16-12(20)7-10(8-13(16)21)9-23-6-2-3-15(23)24/h4-5,7-8H,2-3,6,9H2,1H3. The number of ether oxygens (including phenoxy) is 1. The van der Waals surface area contributed by atoms with Gasteiger partial charge < -0.3 is 9.64 Å². The number of aromatic nitrogens is 1. The van der Waals surface area contributed by atoms with Crippen LogP contribution in [0.2, 0.25) is 0 Å². The summed E-state index contributed by atoms with van der Waals surface area (Å²) in [4.78, 5) is 28.4. The maximum Gasteiger partial charge on any atom is 0.356 e. The van der Waals surface area contributed by atoms with Gasteiger partial charge in [0.05, 0.1) is 12.7 Å². The minimum absolute atomic E-state index is 0.0745. The number of hydrogen-bond donors (Lipinski definition) is 0. The predicted octanol–water partition coefficient (Wildman–Crippen LogP) is 3.07. The number of carbonyl (C=O) groups excluding carboxylic acids is 2. The molecule has 1 saturated heterocycles. The van der Waals surface area contributed by atoms with Crippen LogP contribution in [0.5, 0.6) is 0 Å². The van der Waals surface area contributed by atoms with Crippen molar-refractivity contribution < 1.29 is 27.5 Å². The van der Waals surface area contributed by atoms with Gasteiger partial charge in [0.2, 0.25) is 5.91 Å². The summed E-state index contributed by atoms with van der Waals surface area (Å²) < 4.78 is 47.5. The van der Waals surface area contributed by atoms with Crippen molar-refractivity contribution in [3.05, 3.63) is 53.0 Å². The molecule has 0 spiro atoms. The number of methoxy groups -OCH3 is 1. The van der Waals surface area contributed by atoms with Crippen molar-refractivity contribution in [2.75, 3.05) is 13.7 Å². The lowest BCUT2D eigenvalue weighted by atomic mass is 10.1. The molecule has 1 aromatic heterocycles. The number of halogens is 3. The predicted molar refractivity (Wildman–Crippen MR) is 85.5 cm³/mol. The molecule has 2 aromatic rings. The van der Waals surface area contributed by atoms with Gasteiger partial charge in [-0.25, -0.2) is 22.9 Å². The summed E-state index contributed by atoms with van der Waals surface area (Å²) in [5, 5.41) is 0. The Labute approximate surface area is 147 Å². The van der Waals surface area contributed by atoms with Crippen LogP contribution in [-0.4, -0.2) is 35.4 Å². The third kappa shape index (κ3) is 3.40. The smallest absolute Gasteiger partial charge is 0.356 e. The van der Waals surface area contributed by atoms with E-state index in [0.717, 1.165) is 31.4 Å². The molecule has 1 aliphatic heterocycles. The van der Waals surface area contributed by atoms with Crippen molar-refractivity contribution >= 4 is 11.9 Å². The molecule has 1 amide bonds. The van der Waals surface area contributed by atoms with Gasteiger partial charge >= 0.3 is 5.97 Å². The Kier molecular flexibility index (Phi) is 4.92. The number of pyridine rings is 1. The van der Waals surface area contributed by atoms with E-state index in [1.54, 1.807) is 0 Å². The third-order valence-electron chi connectivity index (χ3n) is 4.12. The van der Waals surface area contributed by atoms with E-state index in [9.17, 15) is 22.8 Å². The summed E-state index contributed by atoms with van der Waals surface area (Å²) in [6.45, 7) is 0.603. The van der Waals surface area contributed by atoms with E-state index in [1.807, 2.05) is 0 Å². The summed E-state index contributed by atoms with van der Waals surface area (Å²) in [5.74, 6) is -3.96. The molecule has 0 bridgehead atoms. The zero-order valence-corrected chi connectivity index (χ0v) is 13.9. The third-order valence-corrected chi connectivity index (χ3v) is 4.12. The van der Waals surface area contributed by atoms with Crippen LogP contribution in [0.25, 0.3) is 11.3 Å². The van der Waals surface area contributed by atoms with Gasteiger partial charge in [0.15, 0.2) is 0 Å². The first-order chi connectivity index (χ1) is 12.4. The van der Waals surface area contributed by atoms with Gasteiger partial charge in [-0.1, -0.05) is 0 Å². The molecule has 5 nitrogen and oxygen atoms in total. The topological polar surface area (TPSA) is 59.5 Å². The molecular weight excluding hydrogens is 349 g/mol. The highest BCUT2D eigenvalue weighted by atomic mass is 19.1. The molecule has 0 atom stereocenters. The highest BCUT2D eigenvalue weighted by Crippen LogP contribution is 2.29. The average molecular weight is 364 g/mol. The SMILES string of the molecule is COC(=O)c1ccc(F)c(-c2c(F)cc(CN3CCCC3=O)cc2F)n1. The minimum atomic E-state index is -1.03. The number of likely N-dealkylation sites (tertiary alicyclic amines) is 1. The number of benzene rings is 1. The van der Waals surface area contributed by atoms with Crippen LogP contribution in [0.4, 0.5) is 13.2 Å². The second-order valence-electron chi connectivity index (χ2n) is 5.87. The summed E-state index contributed by atoms with van der Waals surface area (Å²) in [5.41, 5.74) is -1.31. The number of esters is 1. The fourth-order valence-electron chi connectivity index (χ4n) is 2.87. The average Bonchev–Trinajstić information content (AvgIpc) is 3.00. The Hall–Kier alpha value is -2.90. The van der Waals surface area contributed by atoms with E-state index < -0.39 is 34.7 Å². The van der Waals surface area contributed by atoms with Crippen molar-refractivity contribution in [3.63, 3.8) is 0 Å². The van der Waals surface area contributed by atoms with Crippen LogP contribution in [0.1, 0.15) is 28.9 Å². The van der Waals surface area contributed by atoms with Gasteiger partial charge in [-0.15, -0.1) is 0 Å². The second kappa shape index (κ2) is 7.15. The summed E-state index contributed by atoms with van der Waals surface area (Å²) in [6, 6.07) is 4.03. The summed E-state index contributed by atoms with van der Waals surface area (Å²) in [7, 11) is 1.11. The molecule has 26 heavy (non-hydrogen) atoms. The first kappa shape index (κ1) is 17.9. The molecule has 1 aromatic carbocycles. The zero-order chi connectivity index (χ0) is 18.8. The van der Waals surface area contributed by atoms with Crippen LogP contribution in [0, 0.1) is 17.5 Å². The summed E-state index contributed by atoms with van der Waals surface area (Å²) in [6.07, 6.45) is 1.12. The van der Waals surface area contributed by atoms with Crippen molar-refractivity contribution in [1.82, 2.24) is 9.88 Å². The first-order valence-corrected chi connectivity index (χ1v) is 7.91. The van der Waals surface area contributed by atoms with Crippen molar-refractivity contribution in [3.8, 4) is 11.3 Å². The van der Waals surface area contributed by atoms with E-state index in [2.05, 4.69) is 9.72 Å². The van der Waals surface area contributed by atoms with Crippen LogP contribution < -0.4 is 0 Å². The number of amides is 1. The Morgan fingerprint density at radius 1 is 1.19 bits per heavy atom. The van der Waals surface area contributed by atoms with Gasteiger partial charge in [0.1, 0.15) is 28.8 Å². The molecule has 136 valence electrons. The van der Waals surface area contributed by atoms with Crippen LogP contribution in [0.3, 0.4) is 0 Å². The number of hydrogen-bond acceptors (Lipinski definition) is 4. The Bertz CT molecular complexity index is 863. The van der Waals surface area contributed by atoms with Gasteiger partial charge in [0.25, 0.3) is 0 Å². The Balaban J connectivity index is 1.98. The monoisotopic (exact) mass is 364 g/mol. The number of carbonyl (C=O) groups is 2. The zero-order valence-electron chi connectivity index (χ0n) is 13.9. The van der Waals surface area contributed by atoms with E-state index in [1.165, 1.54) is 4.90 Å². The molecule has 8 heteroatoms. The molecule has 3 rings (SSSR count). The van der Waals surface area contributed by atoms with Crippen molar-refractivity contribution in [2.24, 2.45) is 0 Å². The molecule has 2 heterocycles. The summed E-state index contributed by atoms with van der Waals surface area (Å²) >= 11 is 0. The maximum atomic E-state index is 14.5. The van der Waals surface area contributed by atoms with E-state index in [4.69, 9.17) is 0 Å². The normalized spacial score (nSPS) is 14.0. The highest BCUT2D eigenvalue weighted by molar-refractivity contribution is 5.88. The molecule has 0 saturated carbocycles. The molecule has 1 aliphatic rings. The molecule has 0 N–H and O–H groups in total. The van der Waals surface area contributed by atoms with Gasteiger partial charge in [0, 0.05) is 19.5 Å². The van der Waals surface area contributed by atoms with Gasteiger partial charge in [-0.05, 0) is 36.2 Å².